The Morgan fingerprint density at radius 1 is 1.17 bits per heavy atom. The number of carbonyl (C=O) groups excluding carboxylic acids is 1. The molecule has 1 fully saturated rings. The van der Waals surface area contributed by atoms with Crippen LogP contribution in [0.3, 0.4) is 0 Å². The lowest BCUT2D eigenvalue weighted by atomic mass is 9.95. The zero-order chi connectivity index (χ0) is 16.3. The zero-order valence-electron chi connectivity index (χ0n) is 12.8. The average Bonchev–Trinajstić information content (AvgIpc) is 3.35. The van der Waals surface area contributed by atoms with Crippen molar-refractivity contribution in [3.05, 3.63) is 71.5 Å². The van der Waals surface area contributed by atoms with Gasteiger partial charge in [0.25, 0.3) is 0 Å². The van der Waals surface area contributed by atoms with Crippen LogP contribution in [0, 0.1) is 5.82 Å². The molecule has 1 amide bonds. The Kier molecular flexibility index (Phi) is 4.44. The van der Waals surface area contributed by atoms with Crippen LogP contribution in [0.1, 0.15) is 36.5 Å². The number of aliphatic hydroxyl groups is 1. The third-order valence-electron chi connectivity index (χ3n) is 4.48. The normalized spacial score (nSPS) is 16.6. The molecule has 0 saturated heterocycles. The molecule has 1 atom stereocenters. The van der Waals surface area contributed by atoms with Crippen molar-refractivity contribution < 1.29 is 14.3 Å². The van der Waals surface area contributed by atoms with Gasteiger partial charge in [-0.2, -0.15) is 0 Å². The molecule has 120 valence electrons. The second kappa shape index (κ2) is 6.50. The van der Waals surface area contributed by atoms with Crippen molar-refractivity contribution in [1.82, 2.24) is 5.32 Å². The van der Waals surface area contributed by atoms with Gasteiger partial charge in [-0.25, -0.2) is 4.39 Å². The van der Waals surface area contributed by atoms with E-state index in [9.17, 15) is 14.3 Å². The highest BCUT2D eigenvalue weighted by molar-refractivity contribution is 5.76. The lowest BCUT2D eigenvalue weighted by molar-refractivity contribution is -0.123. The summed E-state index contributed by atoms with van der Waals surface area (Å²) >= 11 is 0. The van der Waals surface area contributed by atoms with E-state index in [-0.39, 0.29) is 23.6 Å². The van der Waals surface area contributed by atoms with E-state index in [1.807, 2.05) is 24.3 Å². The second-order valence-corrected chi connectivity index (χ2v) is 6.20. The summed E-state index contributed by atoms with van der Waals surface area (Å²) in [5.74, 6) is -0.441. The Morgan fingerprint density at radius 3 is 2.57 bits per heavy atom. The smallest absolute Gasteiger partial charge is 0.222 e. The van der Waals surface area contributed by atoms with Crippen LogP contribution in [0.5, 0.6) is 0 Å². The van der Waals surface area contributed by atoms with Gasteiger partial charge in [-0.1, -0.05) is 42.5 Å². The van der Waals surface area contributed by atoms with Crippen LogP contribution in [-0.2, 0) is 10.2 Å². The van der Waals surface area contributed by atoms with Crippen LogP contribution >= 0.6 is 0 Å². The lowest BCUT2D eigenvalue weighted by Crippen LogP contribution is -2.33. The molecule has 23 heavy (non-hydrogen) atoms. The van der Waals surface area contributed by atoms with Crippen molar-refractivity contribution in [3.63, 3.8) is 0 Å². The van der Waals surface area contributed by atoms with Gasteiger partial charge in [0.15, 0.2) is 0 Å². The maximum atomic E-state index is 13.4. The number of hydrogen-bond acceptors (Lipinski definition) is 2. The highest BCUT2D eigenvalue weighted by Crippen LogP contribution is 2.47. The fourth-order valence-corrected chi connectivity index (χ4v) is 2.85. The first-order chi connectivity index (χ1) is 11.1. The second-order valence-electron chi connectivity index (χ2n) is 6.20. The van der Waals surface area contributed by atoms with E-state index in [1.165, 1.54) is 12.1 Å². The molecule has 0 heterocycles. The van der Waals surface area contributed by atoms with E-state index in [1.54, 1.807) is 18.2 Å². The minimum atomic E-state index is -0.805. The summed E-state index contributed by atoms with van der Waals surface area (Å²) in [5, 5.41) is 13.0. The molecule has 0 radical (unpaired) electrons. The van der Waals surface area contributed by atoms with Crippen molar-refractivity contribution >= 4 is 5.91 Å². The minimum Gasteiger partial charge on any atom is -0.388 e. The van der Waals surface area contributed by atoms with Gasteiger partial charge in [0.1, 0.15) is 5.82 Å². The monoisotopic (exact) mass is 313 g/mol. The Morgan fingerprint density at radius 2 is 1.91 bits per heavy atom. The maximum Gasteiger partial charge on any atom is 0.222 e. The van der Waals surface area contributed by atoms with Gasteiger partial charge in [0.2, 0.25) is 5.91 Å². The summed E-state index contributed by atoms with van der Waals surface area (Å²) in [7, 11) is 0. The third-order valence-corrected chi connectivity index (χ3v) is 4.48. The summed E-state index contributed by atoms with van der Waals surface area (Å²) in [6.07, 6.45) is 1.11. The van der Waals surface area contributed by atoms with E-state index < -0.39 is 6.10 Å². The van der Waals surface area contributed by atoms with Crippen molar-refractivity contribution in [2.24, 2.45) is 0 Å². The molecule has 1 aliphatic carbocycles. The predicted molar refractivity (Wildman–Crippen MR) is 86.3 cm³/mol. The molecule has 0 aliphatic heterocycles. The molecule has 1 saturated carbocycles. The Balaban J connectivity index is 1.55. The average molecular weight is 313 g/mol. The molecule has 3 rings (SSSR count). The highest BCUT2D eigenvalue weighted by Gasteiger charge is 2.44. The standard InChI is InChI=1S/C19H20FNO2/c20-16-8-4-7-15(11-16)19(9-10-19)13-21-18(23)12-17(22)14-5-2-1-3-6-14/h1-8,11,17,22H,9-10,12-13H2,(H,21,23). The van der Waals surface area contributed by atoms with E-state index in [0.29, 0.717) is 6.54 Å². The van der Waals surface area contributed by atoms with E-state index in [4.69, 9.17) is 0 Å². The molecular weight excluding hydrogens is 293 g/mol. The fraction of sp³-hybridized carbons (Fsp3) is 0.316. The molecule has 0 spiro atoms. The predicted octanol–water partition coefficient (Wildman–Crippen LogP) is 3.10. The van der Waals surface area contributed by atoms with Crippen LogP contribution < -0.4 is 5.32 Å². The Bertz CT molecular complexity index is 683. The van der Waals surface area contributed by atoms with Gasteiger partial charge in [-0.05, 0) is 36.1 Å². The van der Waals surface area contributed by atoms with Crippen LogP contribution in [0.15, 0.2) is 54.6 Å². The molecule has 1 unspecified atom stereocenters. The first-order valence-corrected chi connectivity index (χ1v) is 7.85. The van der Waals surface area contributed by atoms with Gasteiger partial charge in [0, 0.05) is 12.0 Å². The fourth-order valence-electron chi connectivity index (χ4n) is 2.85. The first-order valence-electron chi connectivity index (χ1n) is 7.85. The van der Waals surface area contributed by atoms with Gasteiger partial charge >= 0.3 is 0 Å². The van der Waals surface area contributed by atoms with Gasteiger partial charge in [0.05, 0.1) is 12.5 Å². The number of benzene rings is 2. The van der Waals surface area contributed by atoms with Crippen LogP contribution in [0.25, 0.3) is 0 Å². The minimum absolute atomic E-state index is 0.0310. The van der Waals surface area contributed by atoms with E-state index in [2.05, 4.69) is 5.32 Å². The molecule has 0 aromatic heterocycles. The Labute approximate surface area is 135 Å². The molecular formula is C19H20FNO2. The molecule has 2 aromatic carbocycles. The summed E-state index contributed by atoms with van der Waals surface area (Å²) < 4.78 is 13.4. The summed E-state index contributed by atoms with van der Waals surface area (Å²) in [6.45, 7) is 0.483. The third kappa shape index (κ3) is 3.77. The van der Waals surface area contributed by atoms with Crippen molar-refractivity contribution in [2.45, 2.75) is 30.8 Å². The van der Waals surface area contributed by atoms with Gasteiger partial charge in [-0.3, -0.25) is 4.79 Å². The molecule has 1 aliphatic rings. The Hall–Kier alpha value is -2.20. The molecule has 2 aromatic rings. The van der Waals surface area contributed by atoms with Crippen molar-refractivity contribution in [3.8, 4) is 0 Å². The summed E-state index contributed by atoms with van der Waals surface area (Å²) in [5.41, 5.74) is 1.52. The number of carbonyl (C=O) groups is 1. The quantitative estimate of drug-likeness (QED) is 0.861. The number of nitrogens with one attached hydrogen (secondary N) is 1. The molecule has 4 heteroatoms. The van der Waals surface area contributed by atoms with Crippen molar-refractivity contribution in [2.75, 3.05) is 6.54 Å². The van der Waals surface area contributed by atoms with Crippen molar-refractivity contribution in [1.29, 1.82) is 0 Å². The van der Waals surface area contributed by atoms with Gasteiger partial charge in [-0.15, -0.1) is 0 Å². The molecule has 0 bridgehead atoms. The van der Waals surface area contributed by atoms with E-state index in [0.717, 1.165) is 24.0 Å². The molecule has 2 N–H and O–H groups in total. The zero-order valence-corrected chi connectivity index (χ0v) is 12.8. The van der Waals surface area contributed by atoms with Crippen LogP contribution in [-0.4, -0.2) is 17.6 Å². The SMILES string of the molecule is O=C(CC(O)c1ccccc1)NCC1(c2cccc(F)c2)CC1. The number of hydrogen-bond donors (Lipinski definition) is 2. The maximum absolute atomic E-state index is 13.4. The number of rotatable bonds is 6. The first kappa shape index (κ1) is 15.7. The summed E-state index contributed by atoms with van der Waals surface area (Å²) in [6, 6.07) is 15.7. The molecule has 3 nitrogen and oxygen atoms in total. The van der Waals surface area contributed by atoms with Gasteiger partial charge < -0.3 is 10.4 Å². The highest BCUT2D eigenvalue weighted by atomic mass is 19.1. The van der Waals surface area contributed by atoms with E-state index >= 15 is 0 Å². The number of halogens is 1. The topological polar surface area (TPSA) is 49.3 Å². The van der Waals surface area contributed by atoms with Crippen LogP contribution in [0.2, 0.25) is 0 Å². The number of amides is 1. The number of aliphatic hydroxyl groups excluding tert-OH is 1. The van der Waals surface area contributed by atoms with Crippen LogP contribution in [0.4, 0.5) is 4.39 Å². The lowest BCUT2D eigenvalue weighted by Gasteiger charge is -2.18. The largest absolute Gasteiger partial charge is 0.388 e. The summed E-state index contributed by atoms with van der Waals surface area (Å²) in [4.78, 5) is 12.1.